The summed E-state index contributed by atoms with van der Waals surface area (Å²) < 4.78 is 25.2. The first kappa shape index (κ1) is 23.4. The summed E-state index contributed by atoms with van der Waals surface area (Å²) in [6.45, 7) is 0.852. The molecule has 2 heterocycles. The minimum absolute atomic E-state index is 0.0538. The number of ether oxygens (including phenoxy) is 2. The zero-order valence-corrected chi connectivity index (χ0v) is 20.1. The lowest BCUT2D eigenvalue weighted by Gasteiger charge is -2.33. The molecule has 5 rings (SSSR count). The normalized spacial score (nSPS) is 16.4. The molecule has 2 amide bonds. The second kappa shape index (κ2) is 10.5. The molecule has 3 aromatic rings. The molecule has 0 unspecified atom stereocenters. The number of anilines is 1. The van der Waals surface area contributed by atoms with Crippen LogP contribution in [0.3, 0.4) is 0 Å². The van der Waals surface area contributed by atoms with Crippen molar-refractivity contribution in [2.45, 2.75) is 44.2 Å². The first-order valence-corrected chi connectivity index (χ1v) is 12.8. The average Bonchev–Trinajstić information content (AvgIpc) is 3.43. The fourth-order valence-corrected chi connectivity index (χ4v) is 5.33. The van der Waals surface area contributed by atoms with Crippen LogP contribution in [0.2, 0.25) is 0 Å². The molecule has 1 saturated carbocycles. The second-order valence-electron chi connectivity index (χ2n) is 8.78. The Morgan fingerprint density at radius 2 is 1.71 bits per heavy atom. The van der Waals surface area contributed by atoms with Gasteiger partial charge in [0.05, 0.1) is 4.88 Å². The molecule has 1 aromatic heterocycles. The number of fused-ring (bicyclic) bond motifs is 1. The van der Waals surface area contributed by atoms with Gasteiger partial charge in [-0.3, -0.25) is 14.5 Å². The van der Waals surface area contributed by atoms with Gasteiger partial charge in [-0.05, 0) is 54.1 Å². The third kappa shape index (κ3) is 5.17. The van der Waals surface area contributed by atoms with E-state index in [-0.39, 0.29) is 17.9 Å². The Kier molecular flexibility index (Phi) is 6.99. The van der Waals surface area contributed by atoms with Gasteiger partial charge in [0.1, 0.15) is 25.1 Å². The molecule has 6 nitrogen and oxygen atoms in total. The lowest BCUT2D eigenvalue weighted by Crippen LogP contribution is -2.47. The summed E-state index contributed by atoms with van der Waals surface area (Å²) in [6, 6.07) is 13.6. The van der Waals surface area contributed by atoms with Gasteiger partial charge in [0.15, 0.2) is 11.5 Å². The van der Waals surface area contributed by atoms with Gasteiger partial charge in [0.2, 0.25) is 5.91 Å². The van der Waals surface area contributed by atoms with Crippen LogP contribution in [-0.4, -0.2) is 31.1 Å². The molecule has 8 heteroatoms. The minimum Gasteiger partial charge on any atom is -0.486 e. The summed E-state index contributed by atoms with van der Waals surface area (Å²) in [6.07, 6.45) is 5.10. The monoisotopic (exact) mass is 494 g/mol. The maximum atomic E-state index is 13.9. The Morgan fingerprint density at radius 3 is 2.43 bits per heavy atom. The fourth-order valence-electron chi connectivity index (χ4n) is 4.67. The summed E-state index contributed by atoms with van der Waals surface area (Å²) >= 11 is 1.31. The predicted molar refractivity (Wildman–Crippen MR) is 133 cm³/mol. The summed E-state index contributed by atoms with van der Waals surface area (Å²) in [5.74, 6) is 0.0977. The van der Waals surface area contributed by atoms with Crippen molar-refractivity contribution < 1.29 is 23.5 Å². The molecular weight excluding hydrogens is 467 g/mol. The number of rotatable bonds is 6. The van der Waals surface area contributed by atoms with E-state index in [9.17, 15) is 14.0 Å². The van der Waals surface area contributed by atoms with E-state index in [1.807, 2.05) is 5.38 Å². The Balaban J connectivity index is 1.59. The minimum atomic E-state index is -0.991. The van der Waals surface area contributed by atoms with Gasteiger partial charge in [-0.2, -0.15) is 0 Å². The van der Waals surface area contributed by atoms with Crippen LogP contribution in [0.5, 0.6) is 11.5 Å². The van der Waals surface area contributed by atoms with Crippen molar-refractivity contribution in [2.75, 3.05) is 18.1 Å². The van der Waals surface area contributed by atoms with Crippen molar-refractivity contribution in [3.8, 4) is 11.5 Å². The number of amides is 2. The van der Waals surface area contributed by atoms with Crippen molar-refractivity contribution in [1.29, 1.82) is 0 Å². The molecule has 1 atom stereocenters. The van der Waals surface area contributed by atoms with E-state index in [0.29, 0.717) is 40.8 Å². The SMILES string of the molecule is O=C(NC1CCCCC1)[C@H](c1ccc(F)cc1)N(C(=O)c1cccs1)c1ccc2c(c1)OCCO2. The number of carbonyl (C=O) groups excluding carboxylic acids is 2. The Bertz CT molecular complexity index is 1180. The number of thiophene rings is 1. The molecule has 0 spiro atoms. The standard InChI is InChI=1S/C27H27FN2O4S/c28-19-10-8-18(9-11-19)25(26(31)29-20-5-2-1-3-6-20)30(27(32)24-7-4-16-35-24)21-12-13-22-23(17-21)34-15-14-33-22/h4,7-13,16-17,20,25H,1-3,5-6,14-15H2,(H,29,31)/t25-/m0/s1. The maximum absolute atomic E-state index is 13.9. The van der Waals surface area contributed by atoms with E-state index in [4.69, 9.17) is 9.47 Å². The van der Waals surface area contributed by atoms with Crippen molar-refractivity contribution in [3.63, 3.8) is 0 Å². The molecule has 1 aliphatic heterocycles. The summed E-state index contributed by atoms with van der Waals surface area (Å²) in [7, 11) is 0. The van der Waals surface area contributed by atoms with Gasteiger partial charge >= 0.3 is 0 Å². The molecule has 0 radical (unpaired) electrons. The van der Waals surface area contributed by atoms with Gasteiger partial charge in [0.25, 0.3) is 5.91 Å². The molecule has 1 aliphatic carbocycles. The molecule has 2 aliphatic rings. The second-order valence-corrected chi connectivity index (χ2v) is 9.73. The number of halogens is 1. The van der Waals surface area contributed by atoms with Crippen LogP contribution >= 0.6 is 11.3 Å². The lowest BCUT2D eigenvalue weighted by atomic mass is 9.94. The average molecular weight is 495 g/mol. The largest absolute Gasteiger partial charge is 0.486 e. The Labute approximate surface area is 207 Å². The number of hydrogen-bond donors (Lipinski definition) is 1. The Hall–Kier alpha value is -3.39. The topological polar surface area (TPSA) is 67.9 Å². The fraction of sp³-hybridized carbons (Fsp3) is 0.333. The van der Waals surface area contributed by atoms with Crippen molar-refractivity contribution in [3.05, 3.63) is 76.2 Å². The van der Waals surface area contributed by atoms with Gasteiger partial charge in [0, 0.05) is 17.8 Å². The number of carbonyl (C=O) groups is 2. The van der Waals surface area contributed by atoms with Crippen molar-refractivity contribution in [2.24, 2.45) is 0 Å². The zero-order chi connectivity index (χ0) is 24.2. The van der Waals surface area contributed by atoms with Gasteiger partial charge < -0.3 is 14.8 Å². The zero-order valence-electron chi connectivity index (χ0n) is 19.2. The van der Waals surface area contributed by atoms with Gasteiger partial charge in [-0.1, -0.05) is 37.5 Å². The highest BCUT2D eigenvalue weighted by atomic mass is 32.1. The van der Waals surface area contributed by atoms with E-state index in [1.54, 1.807) is 42.5 Å². The maximum Gasteiger partial charge on any atom is 0.269 e. The first-order valence-electron chi connectivity index (χ1n) is 11.9. The van der Waals surface area contributed by atoms with Crippen molar-refractivity contribution in [1.82, 2.24) is 5.32 Å². The lowest BCUT2D eigenvalue weighted by molar-refractivity contribution is -0.123. The smallest absolute Gasteiger partial charge is 0.269 e. The molecule has 0 saturated heterocycles. The van der Waals surface area contributed by atoms with Crippen molar-refractivity contribution >= 4 is 28.8 Å². The molecular formula is C27H27FN2O4S. The van der Waals surface area contributed by atoms with E-state index in [2.05, 4.69) is 5.32 Å². The summed E-state index contributed by atoms with van der Waals surface area (Å²) in [5.41, 5.74) is 1.03. The number of nitrogens with zero attached hydrogens (tertiary/aromatic N) is 1. The third-order valence-electron chi connectivity index (χ3n) is 6.40. The Morgan fingerprint density at radius 1 is 0.971 bits per heavy atom. The number of nitrogens with one attached hydrogen (secondary N) is 1. The van der Waals surface area contributed by atoms with Crippen LogP contribution in [-0.2, 0) is 4.79 Å². The van der Waals surface area contributed by atoms with Crippen LogP contribution in [0.1, 0.15) is 53.4 Å². The quantitative estimate of drug-likeness (QED) is 0.492. The van der Waals surface area contributed by atoms with E-state index in [0.717, 1.165) is 32.1 Å². The number of benzene rings is 2. The molecule has 1 fully saturated rings. The van der Waals surface area contributed by atoms with Crippen LogP contribution < -0.4 is 19.7 Å². The number of hydrogen-bond acceptors (Lipinski definition) is 5. The third-order valence-corrected chi connectivity index (χ3v) is 7.26. The predicted octanol–water partition coefficient (Wildman–Crippen LogP) is 5.50. The highest BCUT2D eigenvalue weighted by Gasteiger charge is 2.35. The van der Waals surface area contributed by atoms with E-state index >= 15 is 0 Å². The van der Waals surface area contributed by atoms with E-state index in [1.165, 1.54) is 28.4 Å². The molecule has 182 valence electrons. The van der Waals surface area contributed by atoms with E-state index < -0.39 is 11.9 Å². The molecule has 2 aromatic carbocycles. The highest BCUT2D eigenvalue weighted by Crippen LogP contribution is 2.38. The molecule has 35 heavy (non-hydrogen) atoms. The van der Waals surface area contributed by atoms with Gasteiger partial charge in [-0.25, -0.2) is 4.39 Å². The highest BCUT2D eigenvalue weighted by molar-refractivity contribution is 7.12. The van der Waals surface area contributed by atoms with Gasteiger partial charge in [-0.15, -0.1) is 11.3 Å². The first-order chi connectivity index (χ1) is 17.1. The molecule has 0 bridgehead atoms. The summed E-state index contributed by atoms with van der Waals surface area (Å²) in [5, 5.41) is 4.99. The summed E-state index contributed by atoms with van der Waals surface area (Å²) in [4.78, 5) is 29.7. The molecule has 1 N–H and O–H groups in total. The van der Waals surface area contributed by atoms with Crippen LogP contribution in [0.15, 0.2) is 60.0 Å². The van der Waals surface area contributed by atoms with Crippen LogP contribution in [0.25, 0.3) is 0 Å². The van der Waals surface area contributed by atoms with Crippen LogP contribution in [0, 0.1) is 5.82 Å². The van der Waals surface area contributed by atoms with Crippen LogP contribution in [0.4, 0.5) is 10.1 Å².